The molecule has 1 saturated carbocycles. The molecule has 5 heteroatoms. The van der Waals surface area contributed by atoms with E-state index in [1.165, 1.54) is 18.9 Å². The Morgan fingerprint density at radius 3 is 2.87 bits per heavy atom. The molecule has 0 N–H and O–H groups in total. The topological polar surface area (TPSA) is 52.4 Å². The predicted molar refractivity (Wildman–Crippen MR) is 59.0 cm³/mol. The van der Waals surface area contributed by atoms with Crippen molar-refractivity contribution in [2.45, 2.75) is 12.8 Å². The van der Waals surface area contributed by atoms with Crippen LogP contribution in [-0.4, -0.2) is 11.5 Å². The van der Waals surface area contributed by atoms with E-state index in [2.05, 4.69) is 15.9 Å². The van der Waals surface area contributed by atoms with Gasteiger partial charge in [0.2, 0.25) is 0 Å². The Labute approximate surface area is 95.5 Å². The molecule has 0 amide bonds. The van der Waals surface area contributed by atoms with E-state index in [1.807, 2.05) is 0 Å². The third-order valence-electron chi connectivity index (χ3n) is 2.29. The molecule has 15 heavy (non-hydrogen) atoms. The van der Waals surface area contributed by atoms with E-state index in [9.17, 15) is 10.1 Å². The van der Waals surface area contributed by atoms with Gasteiger partial charge in [0.1, 0.15) is 0 Å². The van der Waals surface area contributed by atoms with Crippen molar-refractivity contribution in [1.82, 2.24) is 0 Å². The molecular weight excluding hydrogens is 262 g/mol. The summed E-state index contributed by atoms with van der Waals surface area (Å²) in [4.78, 5) is 10.3. The summed E-state index contributed by atoms with van der Waals surface area (Å²) in [6.45, 7) is 0.586. The van der Waals surface area contributed by atoms with E-state index in [0.717, 1.165) is 0 Å². The highest BCUT2D eigenvalue weighted by molar-refractivity contribution is 9.10. The normalized spacial score (nSPS) is 15.0. The SMILES string of the molecule is O=[N+]([O-])c1cc(Br)ccc1OCC1CC1. The molecule has 1 aliphatic rings. The van der Waals surface area contributed by atoms with Crippen LogP contribution in [0.1, 0.15) is 12.8 Å². The summed E-state index contributed by atoms with van der Waals surface area (Å²) >= 11 is 3.20. The van der Waals surface area contributed by atoms with E-state index in [0.29, 0.717) is 22.7 Å². The van der Waals surface area contributed by atoms with Gasteiger partial charge in [-0.2, -0.15) is 0 Å². The summed E-state index contributed by atoms with van der Waals surface area (Å²) < 4.78 is 6.10. The third-order valence-corrected chi connectivity index (χ3v) is 2.78. The number of hydrogen-bond acceptors (Lipinski definition) is 3. The van der Waals surface area contributed by atoms with Gasteiger partial charge in [0, 0.05) is 10.5 Å². The highest BCUT2D eigenvalue weighted by Gasteiger charge is 2.24. The van der Waals surface area contributed by atoms with Crippen LogP contribution >= 0.6 is 15.9 Å². The van der Waals surface area contributed by atoms with Gasteiger partial charge in [-0.05, 0) is 30.9 Å². The molecule has 0 radical (unpaired) electrons. The van der Waals surface area contributed by atoms with E-state index < -0.39 is 4.92 Å². The molecule has 1 aromatic carbocycles. The fourth-order valence-corrected chi connectivity index (χ4v) is 1.60. The van der Waals surface area contributed by atoms with E-state index in [-0.39, 0.29) is 5.69 Å². The zero-order valence-electron chi connectivity index (χ0n) is 7.98. The Bertz CT molecular complexity index is 390. The average molecular weight is 272 g/mol. The summed E-state index contributed by atoms with van der Waals surface area (Å²) in [7, 11) is 0. The van der Waals surface area contributed by atoms with Crippen molar-refractivity contribution in [1.29, 1.82) is 0 Å². The van der Waals surface area contributed by atoms with E-state index in [4.69, 9.17) is 4.74 Å². The van der Waals surface area contributed by atoms with Crippen molar-refractivity contribution < 1.29 is 9.66 Å². The van der Waals surface area contributed by atoms with Gasteiger partial charge in [0.05, 0.1) is 11.5 Å². The first-order valence-corrected chi connectivity index (χ1v) is 5.53. The summed E-state index contributed by atoms with van der Waals surface area (Å²) in [6, 6.07) is 4.84. The summed E-state index contributed by atoms with van der Waals surface area (Å²) in [5, 5.41) is 10.7. The summed E-state index contributed by atoms with van der Waals surface area (Å²) in [5.41, 5.74) is 0.0185. The lowest BCUT2D eigenvalue weighted by Crippen LogP contribution is -2.01. The third kappa shape index (κ3) is 2.68. The van der Waals surface area contributed by atoms with Gasteiger partial charge >= 0.3 is 5.69 Å². The fourth-order valence-electron chi connectivity index (χ4n) is 1.25. The fraction of sp³-hybridized carbons (Fsp3) is 0.400. The van der Waals surface area contributed by atoms with Crippen molar-refractivity contribution in [2.24, 2.45) is 5.92 Å². The molecule has 0 aromatic heterocycles. The van der Waals surface area contributed by atoms with Gasteiger partial charge in [-0.1, -0.05) is 15.9 Å². The monoisotopic (exact) mass is 271 g/mol. The zero-order chi connectivity index (χ0) is 10.8. The minimum atomic E-state index is -0.424. The lowest BCUT2D eigenvalue weighted by molar-refractivity contribution is -0.386. The maximum atomic E-state index is 10.7. The molecule has 0 saturated heterocycles. The molecule has 1 aromatic rings. The highest BCUT2D eigenvalue weighted by atomic mass is 79.9. The molecular formula is C10H10BrNO3. The van der Waals surface area contributed by atoms with Crippen LogP contribution in [0.25, 0.3) is 0 Å². The first-order valence-electron chi connectivity index (χ1n) is 4.73. The second kappa shape index (κ2) is 4.18. The molecule has 0 aliphatic heterocycles. The van der Waals surface area contributed by atoms with Crippen LogP contribution in [-0.2, 0) is 0 Å². The van der Waals surface area contributed by atoms with Gasteiger partial charge in [-0.3, -0.25) is 10.1 Å². The van der Waals surface area contributed by atoms with E-state index >= 15 is 0 Å². The molecule has 0 unspecified atom stereocenters. The van der Waals surface area contributed by atoms with Crippen LogP contribution in [0.3, 0.4) is 0 Å². The standard InChI is InChI=1S/C10H10BrNO3/c11-8-3-4-10(9(5-8)12(13)14)15-6-7-1-2-7/h3-5,7H,1-2,6H2. The van der Waals surface area contributed by atoms with Crippen molar-refractivity contribution in [3.05, 3.63) is 32.8 Å². The van der Waals surface area contributed by atoms with Gasteiger partial charge in [0.25, 0.3) is 0 Å². The van der Waals surface area contributed by atoms with Crippen molar-refractivity contribution in [3.63, 3.8) is 0 Å². The quantitative estimate of drug-likeness (QED) is 0.625. The number of nitro groups is 1. The molecule has 80 valence electrons. The zero-order valence-corrected chi connectivity index (χ0v) is 9.57. The Morgan fingerprint density at radius 2 is 2.27 bits per heavy atom. The molecule has 2 rings (SSSR count). The van der Waals surface area contributed by atoms with Gasteiger partial charge < -0.3 is 4.74 Å². The van der Waals surface area contributed by atoms with E-state index in [1.54, 1.807) is 12.1 Å². The van der Waals surface area contributed by atoms with Crippen LogP contribution in [0, 0.1) is 16.0 Å². The second-order valence-electron chi connectivity index (χ2n) is 3.62. The molecule has 1 fully saturated rings. The van der Waals surface area contributed by atoms with Crippen LogP contribution in [0.2, 0.25) is 0 Å². The molecule has 1 aliphatic carbocycles. The number of benzene rings is 1. The Hall–Kier alpha value is -1.10. The first-order chi connectivity index (χ1) is 7.16. The van der Waals surface area contributed by atoms with Crippen molar-refractivity contribution in [2.75, 3.05) is 6.61 Å². The van der Waals surface area contributed by atoms with Crippen molar-refractivity contribution in [3.8, 4) is 5.75 Å². The number of halogens is 1. The van der Waals surface area contributed by atoms with Gasteiger partial charge in [0.15, 0.2) is 5.75 Å². The van der Waals surface area contributed by atoms with Crippen LogP contribution < -0.4 is 4.74 Å². The average Bonchev–Trinajstić information content (AvgIpc) is 2.99. The number of hydrogen-bond donors (Lipinski definition) is 0. The maximum Gasteiger partial charge on any atom is 0.312 e. The lowest BCUT2D eigenvalue weighted by Gasteiger charge is -2.05. The molecule has 0 heterocycles. The largest absolute Gasteiger partial charge is 0.487 e. The number of nitro benzene ring substituents is 1. The maximum absolute atomic E-state index is 10.7. The summed E-state index contributed by atoms with van der Waals surface area (Å²) in [6.07, 6.45) is 2.34. The lowest BCUT2D eigenvalue weighted by atomic mass is 10.3. The number of nitrogens with zero attached hydrogens (tertiary/aromatic N) is 1. The second-order valence-corrected chi connectivity index (χ2v) is 4.54. The van der Waals surface area contributed by atoms with Crippen LogP contribution in [0.4, 0.5) is 5.69 Å². The smallest absolute Gasteiger partial charge is 0.312 e. The van der Waals surface area contributed by atoms with Gasteiger partial charge in [-0.15, -0.1) is 0 Å². The van der Waals surface area contributed by atoms with Crippen molar-refractivity contribution >= 4 is 21.6 Å². The Kier molecular flexibility index (Phi) is 2.90. The Morgan fingerprint density at radius 1 is 1.53 bits per heavy atom. The van der Waals surface area contributed by atoms with Crippen LogP contribution in [0.15, 0.2) is 22.7 Å². The molecule has 0 atom stereocenters. The Balaban J connectivity index is 2.15. The van der Waals surface area contributed by atoms with Gasteiger partial charge in [-0.25, -0.2) is 0 Å². The molecule has 0 spiro atoms. The number of rotatable bonds is 4. The highest BCUT2D eigenvalue weighted by Crippen LogP contribution is 2.33. The minimum Gasteiger partial charge on any atom is -0.487 e. The first kappa shape index (κ1) is 10.4. The molecule has 0 bridgehead atoms. The predicted octanol–water partition coefficient (Wildman–Crippen LogP) is 3.15. The minimum absolute atomic E-state index is 0.0185. The number of ether oxygens (including phenoxy) is 1. The summed E-state index contributed by atoms with van der Waals surface area (Å²) in [5.74, 6) is 0.948. The molecule has 4 nitrogen and oxygen atoms in total. The van der Waals surface area contributed by atoms with Crippen LogP contribution in [0.5, 0.6) is 5.75 Å².